The van der Waals surface area contributed by atoms with Crippen molar-refractivity contribution in [1.29, 1.82) is 0 Å². The van der Waals surface area contributed by atoms with Gasteiger partial charge in [-0.05, 0) is 18.7 Å². The summed E-state index contributed by atoms with van der Waals surface area (Å²) in [6.45, 7) is -3.09. The SMILES string of the molecule is Cc1cn([C@H]2C[C@H](O)[C@@H](COP(O)(=S)O[C@H]3C[C@H](n4cnc5c(N)ncnc54)O[C@@H]3CO)O2)c(=O)[nH]c1=O. The number of aryl methyl sites for hydroxylation is 1. The summed E-state index contributed by atoms with van der Waals surface area (Å²) < 4.78 is 25.5. The lowest BCUT2D eigenvalue weighted by molar-refractivity contribution is -0.0521. The maximum Gasteiger partial charge on any atom is 0.330 e. The Kier molecular flexibility index (Phi) is 7.47. The molecule has 0 spiro atoms. The smallest absolute Gasteiger partial charge is 0.330 e. The molecule has 1 unspecified atom stereocenters. The number of hydrogen-bond donors (Lipinski definition) is 5. The molecule has 2 aliphatic rings. The van der Waals surface area contributed by atoms with Crippen LogP contribution in [-0.2, 0) is 30.3 Å². The van der Waals surface area contributed by atoms with Crippen LogP contribution in [0.4, 0.5) is 5.82 Å². The first kappa shape index (κ1) is 27.0. The first-order chi connectivity index (χ1) is 18.1. The van der Waals surface area contributed by atoms with Crippen LogP contribution in [0.1, 0.15) is 30.9 Å². The van der Waals surface area contributed by atoms with Gasteiger partial charge in [0.2, 0.25) is 0 Å². The quantitative estimate of drug-likeness (QED) is 0.201. The average Bonchev–Trinajstić information content (AvgIpc) is 3.57. The van der Waals surface area contributed by atoms with Crippen molar-refractivity contribution in [2.75, 3.05) is 18.9 Å². The van der Waals surface area contributed by atoms with Gasteiger partial charge in [-0.1, -0.05) is 0 Å². The number of H-pyrrole nitrogens is 1. The van der Waals surface area contributed by atoms with Crippen molar-refractivity contribution < 1.29 is 33.6 Å². The van der Waals surface area contributed by atoms with Crippen LogP contribution in [0.2, 0.25) is 0 Å². The molecule has 38 heavy (non-hydrogen) atoms. The van der Waals surface area contributed by atoms with E-state index in [0.29, 0.717) is 16.7 Å². The molecular formula is C20H26N7O9PS. The summed E-state index contributed by atoms with van der Waals surface area (Å²) in [6.07, 6.45) is -0.787. The molecule has 2 saturated heterocycles. The highest BCUT2D eigenvalue weighted by Crippen LogP contribution is 2.49. The van der Waals surface area contributed by atoms with Crippen molar-refractivity contribution in [3.8, 4) is 0 Å². The first-order valence-electron chi connectivity index (χ1n) is 11.6. The third-order valence-electron chi connectivity index (χ3n) is 6.39. The van der Waals surface area contributed by atoms with Crippen LogP contribution in [0.3, 0.4) is 0 Å². The number of aliphatic hydroxyl groups excluding tert-OH is 2. The number of rotatable bonds is 8. The topological polar surface area (TPSA) is 222 Å². The number of hydrogen-bond acceptors (Lipinski definition) is 13. The summed E-state index contributed by atoms with van der Waals surface area (Å²) >= 11 is 5.16. The number of anilines is 1. The van der Waals surface area contributed by atoms with Gasteiger partial charge in [0.15, 0.2) is 11.5 Å². The minimum Gasteiger partial charge on any atom is -0.394 e. The summed E-state index contributed by atoms with van der Waals surface area (Å²) in [4.78, 5) is 49.0. The summed E-state index contributed by atoms with van der Waals surface area (Å²) in [5.74, 6) is 0.205. The number of nitrogens with two attached hydrogens (primary N) is 1. The van der Waals surface area contributed by atoms with Gasteiger partial charge >= 0.3 is 12.4 Å². The third kappa shape index (κ3) is 5.29. The van der Waals surface area contributed by atoms with Gasteiger partial charge in [-0.25, -0.2) is 19.7 Å². The van der Waals surface area contributed by atoms with Crippen molar-refractivity contribution in [2.24, 2.45) is 0 Å². The molecule has 2 aliphatic heterocycles. The van der Waals surface area contributed by atoms with E-state index in [-0.39, 0.29) is 25.3 Å². The number of aromatic amines is 1. The number of nitrogens with zero attached hydrogens (tertiary/aromatic N) is 5. The maximum atomic E-state index is 12.2. The Morgan fingerprint density at radius 1 is 1.21 bits per heavy atom. The molecule has 3 aromatic heterocycles. The van der Waals surface area contributed by atoms with Crippen molar-refractivity contribution in [1.82, 2.24) is 29.1 Å². The molecule has 0 aromatic carbocycles. The van der Waals surface area contributed by atoms with Crippen LogP contribution in [0.25, 0.3) is 11.2 Å². The number of imidazole rings is 1. The minimum atomic E-state index is -3.88. The Balaban J connectivity index is 1.22. The van der Waals surface area contributed by atoms with Gasteiger partial charge < -0.3 is 39.4 Å². The Morgan fingerprint density at radius 3 is 2.71 bits per heavy atom. The molecular weight excluding hydrogens is 545 g/mol. The van der Waals surface area contributed by atoms with E-state index in [0.717, 1.165) is 0 Å². The Bertz CT molecular complexity index is 1500. The molecule has 0 bridgehead atoms. The van der Waals surface area contributed by atoms with Crippen LogP contribution < -0.4 is 17.0 Å². The number of nitrogens with one attached hydrogen (secondary N) is 1. The van der Waals surface area contributed by atoms with Gasteiger partial charge in [0, 0.05) is 24.6 Å². The lowest BCUT2D eigenvalue weighted by atomic mass is 10.2. The molecule has 2 fully saturated rings. The molecule has 0 amide bonds. The van der Waals surface area contributed by atoms with E-state index < -0.39 is 61.4 Å². The predicted molar refractivity (Wildman–Crippen MR) is 133 cm³/mol. The highest BCUT2D eigenvalue weighted by atomic mass is 32.5. The predicted octanol–water partition coefficient (Wildman–Crippen LogP) is -1.19. The van der Waals surface area contributed by atoms with Gasteiger partial charge in [-0.15, -0.1) is 0 Å². The van der Waals surface area contributed by atoms with Gasteiger partial charge in [0.05, 0.1) is 31.7 Å². The molecule has 206 valence electrons. The van der Waals surface area contributed by atoms with E-state index in [9.17, 15) is 24.7 Å². The van der Waals surface area contributed by atoms with Gasteiger partial charge in [-0.2, -0.15) is 0 Å². The van der Waals surface area contributed by atoms with E-state index in [1.807, 2.05) is 0 Å². The Morgan fingerprint density at radius 2 is 1.95 bits per heavy atom. The highest BCUT2D eigenvalue weighted by Gasteiger charge is 2.42. The molecule has 6 N–H and O–H groups in total. The zero-order chi connectivity index (χ0) is 27.2. The maximum absolute atomic E-state index is 12.2. The van der Waals surface area contributed by atoms with Gasteiger partial charge in [0.25, 0.3) is 5.56 Å². The van der Waals surface area contributed by atoms with Crippen molar-refractivity contribution >= 4 is 35.5 Å². The van der Waals surface area contributed by atoms with E-state index in [2.05, 4.69) is 19.9 Å². The summed E-state index contributed by atoms with van der Waals surface area (Å²) in [5.41, 5.74) is 5.77. The lowest BCUT2D eigenvalue weighted by Crippen LogP contribution is -2.33. The van der Waals surface area contributed by atoms with Crippen LogP contribution >= 0.6 is 6.72 Å². The Labute approximate surface area is 219 Å². The second-order valence-corrected chi connectivity index (χ2v) is 11.7. The van der Waals surface area contributed by atoms with E-state index in [1.54, 1.807) is 4.57 Å². The highest BCUT2D eigenvalue weighted by molar-refractivity contribution is 8.07. The molecule has 0 aliphatic carbocycles. The second kappa shape index (κ2) is 10.5. The van der Waals surface area contributed by atoms with Gasteiger partial charge in [0.1, 0.15) is 36.5 Å². The average molecular weight is 572 g/mol. The number of nitrogen functional groups attached to an aromatic ring is 1. The van der Waals surface area contributed by atoms with Crippen molar-refractivity contribution in [3.63, 3.8) is 0 Å². The largest absolute Gasteiger partial charge is 0.394 e. The van der Waals surface area contributed by atoms with Crippen molar-refractivity contribution in [2.45, 2.75) is 56.6 Å². The Hall–Kier alpha value is -2.60. The number of fused-ring (bicyclic) bond motifs is 1. The molecule has 0 radical (unpaired) electrons. The van der Waals surface area contributed by atoms with Crippen molar-refractivity contribution in [3.05, 3.63) is 45.3 Å². The van der Waals surface area contributed by atoms with Crippen LogP contribution in [-0.4, -0.2) is 81.8 Å². The van der Waals surface area contributed by atoms with Crippen LogP contribution in [0.5, 0.6) is 0 Å². The molecule has 3 aromatic rings. The normalized spacial score (nSPS) is 29.2. The standard InChI is InChI=1S/C20H26N7O9PS/c1-9-4-26(20(31)25-19(9)30)14-2-10(29)13(35-14)6-33-37(32,38)36-11-3-15(34-12(11)5-28)27-8-24-16-17(21)22-7-23-18(16)27/h4,7-8,10-15,28-29H,2-3,5-6H2,1H3,(H,32,38)(H2,21,22,23)(H,25,30,31)/t10-,11-,12+,13+,14+,15+,37?/m0/s1. The minimum absolute atomic E-state index is 0.0479. The van der Waals surface area contributed by atoms with Gasteiger partial charge in [-0.3, -0.25) is 18.9 Å². The fourth-order valence-corrected chi connectivity index (χ4v) is 5.91. The molecule has 18 heteroatoms. The number of ether oxygens (including phenoxy) is 2. The lowest BCUT2D eigenvalue weighted by Gasteiger charge is -2.24. The molecule has 0 saturated carbocycles. The summed E-state index contributed by atoms with van der Waals surface area (Å²) in [6, 6.07) is 0. The van der Waals surface area contributed by atoms with E-state index >= 15 is 0 Å². The fourth-order valence-electron chi connectivity index (χ4n) is 4.43. The second-order valence-electron chi connectivity index (χ2n) is 8.95. The van der Waals surface area contributed by atoms with E-state index in [4.69, 9.17) is 36.1 Å². The number of aliphatic hydroxyl groups is 2. The third-order valence-corrected chi connectivity index (χ3v) is 7.98. The molecule has 7 atom stereocenters. The molecule has 5 rings (SSSR count). The molecule has 5 heterocycles. The molecule has 16 nitrogen and oxygen atoms in total. The monoisotopic (exact) mass is 571 g/mol. The number of aromatic nitrogens is 6. The fraction of sp³-hybridized carbons (Fsp3) is 0.550. The van der Waals surface area contributed by atoms with Crippen LogP contribution in [0, 0.1) is 6.92 Å². The summed E-state index contributed by atoms with van der Waals surface area (Å²) in [5, 5.41) is 20.2. The first-order valence-corrected chi connectivity index (χ1v) is 14.2. The van der Waals surface area contributed by atoms with E-state index in [1.165, 1.54) is 30.3 Å². The zero-order valence-electron chi connectivity index (χ0n) is 20.0. The summed E-state index contributed by atoms with van der Waals surface area (Å²) in [7, 11) is 0. The zero-order valence-corrected chi connectivity index (χ0v) is 21.7. The van der Waals surface area contributed by atoms with Crippen LogP contribution in [0.15, 0.2) is 28.4 Å².